The van der Waals surface area contributed by atoms with Crippen molar-refractivity contribution in [2.24, 2.45) is 5.92 Å². The molecule has 2 aromatic rings. The van der Waals surface area contributed by atoms with Crippen molar-refractivity contribution in [3.05, 3.63) is 65.6 Å². The third kappa shape index (κ3) is 2.33. The highest BCUT2D eigenvalue weighted by Gasteiger charge is 2.59. The normalized spacial score (nSPS) is 18.3. The predicted octanol–water partition coefficient (Wildman–Crippen LogP) is 2.75. The number of furan rings is 1. The summed E-state index contributed by atoms with van der Waals surface area (Å²) in [5, 5.41) is 0. The Hall–Kier alpha value is -2.82. The van der Waals surface area contributed by atoms with E-state index in [0.29, 0.717) is 17.7 Å². The molecule has 0 saturated heterocycles. The lowest BCUT2D eigenvalue weighted by Gasteiger charge is -2.29. The summed E-state index contributed by atoms with van der Waals surface area (Å²) in [6.45, 7) is 0. The molecule has 1 aromatic heterocycles. The largest absolute Gasteiger partial charge is 0.468 e. The van der Waals surface area contributed by atoms with Crippen molar-refractivity contribution < 1.29 is 23.5 Å². The van der Waals surface area contributed by atoms with Gasteiger partial charge in [0.25, 0.3) is 0 Å². The second-order valence-electron chi connectivity index (χ2n) is 5.63. The van der Waals surface area contributed by atoms with Crippen LogP contribution >= 0.6 is 0 Å². The molecule has 1 atom stereocenters. The SMILES string of the molecule is COC(=O)C1(C(=O)OC)c2ccccc2C[C@H]1/C=C/c1ccco1. The molecule has 5 heteroatoms. The quantitative estimate of drug-likeness (QED) is 0.638. The zero-order chi connectivity index (χ0) is 17.2. The van der Waals surface area contributed by atoms with Gasteiger partial charge >= 0.3 is 11.9 Å². The van der Waals surface area contributed by atoms with Crippen LogP contribution in [-0.2, 0) is 30.9 Å². The Morgan fingerprint density at radius 3 is 2.46 bits per heavy atom. The minimum Gasteiger partial charge on any atom is -0.468 e. The van der Waals surface area contributed by atoms with Crippen LogP contribution in [0.15, 0.2) is 53.2 Å². The Labute approximate surface area is 139 Å². The Morgan fingerprint density at radius 1 is 1.12 bits per heavy atom. The van der Waals surface area contributed by atoms with E-state index in [9.17, 15) is 9.59 Å². The van der Waals surface area contributed by atoms with E-state index >= 15 is 0 Å². The summed E-state index contributed by atoms with van der Waals surface area (Å²) in [6.07, 6.45) is 5.68. The van der Waals surface area contributed by atoms with Gasteiger partial charge in [0.1, 0.15) is 5.76 Å². The van der Waals surface area contributed by atoms with Crippen molar-refractivity contribution >= 4 is 18.0 Å². The van der Waals surface area contributed by atoms with Crippen LogP contribution in [0.3, 0.4) is 0 Å². The van der Waals surface area contributed by atoms with E-state index in [1.807, 2.05) is 18.2 Å². The van der Waals surface area contributed by atoms with Gasteiger partial charge in [0, 0.05) is 5.92 Å². The average Bonchev–Trinajstić information content (AvgIpc) is 3.24. The summed E-state index contributed by atoms with van der Waals surface area (Å²) in [4.78, 5) is 25.4. The summed E-state index contributed by atoms with van der Waals surface area (Å²) >= 11 is 0. The number of fused-ring (bicyclic) bond motifs is 1. The van der Waals surface area contributed by atoms with Crippen molar-refractivity contribution in [3.63, 3.8) is 0 Å². The number of ether oxygens (including phenoxy) is 2. The van der Waals surface area contributed by atoms with Crippen LogP contribution in [-0.4, -0.2) is 26.2 Å². The van der Waals surface area contributed by atoms with Gasteiger partial charge in [0.2, 0.25) is 0 Å². The van der Waals surface area contributed by atoms with Crippen molar-refractivity contribution in [3.8, 4) is 0 Å². The lowest BCUT2D eigenvalue weighted by Crippen LogP contribution is -2.48. The number of methoxy groups -OCH3 is 2. The second kappa shape index (κ2) is 6.35. The molecule has 0 amide bonds. The smallest absolute Gasteiger partial charge is 0.328 e. The fraction of sp³-hybridized carbons (Fsp3) is 0.263. The molecule has 1 aliphatic rings. The number of carbonyl (C=O) groups excluding carboxylic acids is 2. The molecule has 5 nitrogen and oxygen atoms in total. The highest BCUT2D eigenvalue weighted by atomic mass is 16.5. The predicted molar refractivity (Wildman–Crippen MR) is 87.1 cm³/mol. The Morgan fingerprint density at radius 2 is 1.83 bits per heavy atom. The third-order valence-corrected chi connectivity index (χ3v) is 4.49. The van der Waals surface area contributed by atoms with Crippen molar-refractivity contribution in [1.82, 2.24) is 0 Å². The Bertz CT molecular complexity index is 757. The molecule has 0 bridgehead atoms. The van der Waals surface area contributed by atoms with Gasteiger partial charge in [0.15, 0.2) is 5.41 Å². The van der Waals surface area contributed by atoms with Gasteiger partial charge in [0.05, 0.1) is 20.5 Å². The zero-order valence-electron chi connectivity index (χ0n) is 13.5. The molecule has 0 radical (unpaired) electrons. The van der Waals surface area contributed by atoms with Crippen LogP contribution in [0.4, 0.5) is 0 Å². The molecule has 24 heavy (non-hydrogen) atoms. The van der Waals surface area contributed by atoms with Gasteiger partial charge in [-0.05, 0) is 35.8 Å². The monoisotopic (exact) mass is 326 g/mol. The molecule has 3 rings (SSSR count). The van der Waals surface area contributed by atoms with E-state index in [2.05, 4.69) is 0 Å². The molecule has 1 heterocycles. The molecule has 0 unspecified atom stereocenters. The summed E-state index contributed by atoms with van der Waals surface area (Å²) in [5.41, 5.74) is 0.0728. The topological polar surface area (TPSA) is 65.7 Å². The summed E-state index contributed by atoms with van der Waals surface area (Å²) in [6, 6.07) is 11.0. The van der Waals surface area contributed by atoms with Gasteiger partial charge in [-0.3, -0.25) is 9.59 Å². The molecule has 1 aromatic carbocycles. The van der Waals surface area contributed by atoms with Crippen LogP contribution in [0.1, 0.15) is 16.9 Å². The summed E-state index contributed by atoms with van der Waals surface area (Å²) < 4.78 is 15.3. The standard InChI is InChI=1S/C19H18O5/c1-22-17(20)19(18(21)23-2)14(9-10-15-7-5-11-24-15)12-13-6-3-4-8-16(13)19/h3-11,14H,12H2,1-2H3/b10-9+/t14-/m1/s1. The van der Waals surface area contributed by atoms with Crippen molar-refractivity contribution in [1.29, 1.82) is 0 Å². The van der Waals surface area contributed by atoms with Crippen molar-refractivity contribution in [2.75, 3.05) is 14.2 Å². The molecular weight excluding hydrogens is 308 g/mol. The fourth-order valence-corrected chi connectivity index (χ4v) is 3.41. The first-order valence-corrected chi connectivity index (χ1v) is 7.61. The van der Waals surface area contributed by atoms with Crippen LogP contribution < -0.4 is 0 Å². The molecule has 124 valence electrons. The third-order valence-electron chi connectivity index (χ3n) is 4.49. The Kier molecular flexibility index (Phi) is 4.25. The Balaban J connectivity index is 2.13. The van der Waals surface area contributed by atoms with Gasteiger partial charge in [-0.25, -0.2) is 0 Å². The summed E-state index contributed by atoms with van der Waals surface area (Å²) in [7, 11) is 2.56. The molecule has 0 aliphatic heterocycles. The highest BCUT2D eigenvalue weighted by Crippen LogP contribution is 2.46. The molecule has 0 saturated carbocycles. The van der Waals surface area contributed by atoms with Crippen molar-refractivity contribution in [2.45, 2.75) is 11.8 Å². The maximum absolute atomic E-state index is 12.7. The number of carbonyl (C=O) groups is 2. The van der Waals surface area contributed by atoms with E-state index < -0.39 is 23.3 Å². The van der Waals surface area contributed by atoms with Crippen LogP contribution in [0, 0.1) is 5.92 Å². The maximum Gasteiger partial charge on any atom is 0.328 e. The van der Waals surface area contributed by atoms with E-state index in [-0.39, 0.29) is 0 Å². The maximum atomic E-state index is 12.7. The number of rotatable bonds is 4. The van der Waals surface area contributed by atoms with E-state index in [0.717, 1.165) is 5.56 Å². The van der Waals surface area contributed by atoms with E-state index in [1.165, 1.54) is 14.2 Å². The van der Waals surface area contributed by atoms with Gasteiger partial charge < -0.3 is 13.9 Å². The number of hydrogen-bond acceptors (Lipinski definition) is 5. The molecular formula is C19H18O5. The first-order valence-electron chi connectivity index (χ1n) is 7.61. The van der Waals surface area contributed by atoms with Crippen LogP contribution in [0.2, 0.25) is 0 Å². The highest BCUT2D eigenvalue weighted by molar-refractivity contribution is 6.08. The van der Waals surface area contributed by atoms with Gasteiger partial charge in [-0.15, -0.1) is 0 Å². The summed E-state index contributed by atoms with van der Waals surface area (Å²) in [5.74, 6) is -1.00. The second-order valence-corrected chi connectivity index (χ2v) is 5.63. The molecule has 0 N–H and O–H groups in total. The lowest BCUT2D eigenvalue weighted by molar-refractivity contribution is -0.163. The first-order chi connectivity index (χ1) is 11.6. The van der Waals surface area contributed by atoms with Crippen LogP contribution in [0.25, 0.3) is 6.08 Å². The number of hydrogen-bond donors (Lipinski definition) is 0. The number of esters is 2. The van der Waals surface area contributed by atoms with Crippen LogP contribution in [0.5, 0.6) is 0 Å². The van der Waals surface area contributed by atoms with Gasteiger partial charge in [-0.1, -0.05) is 30.3 Å². The first kappa shape index (κ1) is 16.1. The lowest BCUT2D eigenvalue weighted by atomic mass is 9.74. The molecule has 0 fully saturated rings. The number of allylic oxidation sites excluding steroid dienone is 1. The molecule has 0 spiro atoms. The fourth-order valence-electron chi connectivity index (χ4n) is 3.41. The average molecular weight is 326 g/mol. The number of benzene rings is 1. The molecule has 1 aliphatic carbocycles. The minimum absolute atomic E-state index is 0.417. The minimum atomic E-state index is -1.50. The van der Waals surface area contributed by atoms with E-state index in [1.54, 1.807) is 36.6 Å². The zero-order valence-corrected chi connectivity index (χ0v) is 13.5. The van der Waals surface area contributed by atoms with Gasteiger partial charge in [-0.2, -0.15) is 0 Å². The van der Waals surface area contributed by atoms with E-state index in [4.69, 9.17) is 13.9 Å².